The van der Waals surface area contributed by atoms with Crippen molar-refractivity contribution in [2.24, 2.45) is 0 Å². The predicted molar refractivity (Wildman–Crippen MR) is 191 cm³/mol. The Morgan fingerprint density at radius 3 is 0.833 bits per heavy atom. The number of unbranched alkanes of at least 4 members (excludes halogenated alkanes) is 22. The van der Waals surface area contributed by atoms with E-state index in [1.807, 2.05) is 0 Å². The van der Waals surface area contributed by atoms with Crippen LogP contribution in [0.15, 0.2) is 60.7 Å². The van der Waals surface area contributed by atoms with Gasteiger partial charge in [-0.1, -0.05) is 179 Å². The van der Waals surface area contributed by atoms with Crippen LogP contribution in [0.1, 0.15) is 168 Å². The molecule has 0 bridgehead atoms. The molecule has 0 fully saturated rings. The van der Waals surface area contributed by atoms with Gasteiger partial charge in [0.1, 0.15) is 0 Å². The molecule has 0 saturated carbocycles. The first-order valence-electron chi connectivity index (χ1n) is 18.3. The summed E-state index contributed by atoms with van der Waals surface area (Å²) in [6.07, 6.45) is 37.2. The molecule has 2 rings (SSSR count). The molecule has 240 valence electrons. The quantitative estimate of drug-likeness (QED) is 0.0630. The number of benzene rings is 2. The molecule has 0 spiro atoms. The predicted octanol–water partition coefficient (Wildman–Crippen LogP) is 10.1. The van der Waals surface area contributed by atoms with Crippen molar-refractivity contribution in [2.45, 2.75) is 168 Å². The summed E-state index contributed by atoms with van der Waals surface area (Å²) in [7, 11) is -1.36. The molecule has 0 atom stereocenters. The molecule has 2 aromatic carbocycles. The van der Waals surface area contributed by atoms with E-state index >= 15 is 0 Å². The highest BCUT2D eigenvalue weighted by Gasteiger charge is 2.41. The maximum Gasteiger partial charge on any atom is 0.0991 e. The molecule has 42 heavy (non-hydrogen) atoms. The number of hydrogen-bond donors (Lipinski definition) is 0. The monoisotopic (exact) mass is 658 g/mol. The molecule has 0 aliphatic carbocycles. The standard InChI is InChI=1S/C40H68P.BrH/c1-3-5-7-9-11-13-15-17-19-21-23-31-37-41(39-33-27-25-28-34-39,40-35-29-26-30-36-40)38-32-24-22-20-18-16-14-12-10-8-6-4-2;/h25-30,33-36H,3-24,31-32,37-38H2,1-2H3;1H/q+1;/p-1. The van der Waals surface area contributed by atoms with E-state index in [2.05, 4.69) is 74.5 Å². The Labute approximate surface area is 274 Å². The third kappa shape index (κ3) is 17.6. The summed E-state index contributed by atoms with van der Waals surface area (Å²) in [6.45, 7) is 4.62. The van der Waals surface area contributed by atoms with E-state index in [4.69, 9.17) is 0 Å². The molecule has 0 aliphatic rings. The van der Waals surface area contributed by atoms with Gasteiger partial charge in [0.2, 0.25) is 0 Å². The smallest absolute Gasteiger partial charge is 0.0991 e. The van der Waals surface area contributed by atoms with Gasteiger partial charge in [0.05, 0.1) is 30.2 Å². The van der Waals surface area contributed by atoms with Gasteiger partial charge in [-0.25, -0.2) is 0 Å². The fourth-order valence-corrected chi connectivity index (χ4v) is 11.2. The highest BCUT2D eigenvalue weighted by molar-refractivity contribution is 7.89. The van der Waals surface area contributed by atoms with Crippen molar-refractivity contribution >= 4 is 17.9 Å². The lowest BCUT2D eigenvalue weighted by Crippen LogP contribution is -3.00. The van der Waals surface area contributed by atoms with Gasteiger partial charge in [-0.3, -0.25) is 0 Å². The first kappa shape index (κ1) is 39.4. The highest BCUT2D eigenvalue weighted by atomic mass is 79.9. The molecular formula is C40H68BrP. The van der Waals surface area contributed by atoms with Gasteiger partial charge in [0, 0.05) is 0 Å². The lowest BCUT2D eigenvalue weighted by molar-refractivity contribution is -0.00000876. The van der Waals surface area contributed by atoms with Crippen LogP contribution in [0.5, 0.6) is 0 Å². The minimum atomic E-state index is -1.36. The molecule has 0 heterocycles. The first-order valence-corrected chi connectivity index (χ1v) is 20.5. The van der Waals surface area contributed by atoms with Crippen LogP contribution in [0.2, 0.25) is 0 Å². The molecule has 2 heteroatoms. The average molecular weight is 660 g/mol. The zero-order valence-electron chi connectivity index (χ0n) is 28.0. The third-order valence-corrected chi connectivity index (χ3v) is 14.0. The van der Waals surface area contributed by atoms with Crippen LogP contribution in [0, 0.1) is 0 Å². The molecule has 0 nitrogen and oxygen atoms in total. The number of halogens is 1. The van der Waals surface area contributed by atoms with Gasteiger partial charge in [-0.2, -0.15) is 0 Å². The second kappa shape index (κ2) is 27.9. The van der Waals surface area contributed by atoms with Crippen LogP contribution >= 0.6 is 7.26 Å². The van der Waals surface area contributed by atoms with E-state index in [-0.39, 0.29) is 17.0 Å². The minimum absolute atomic E-state index is 0. The van der Waals surface area contributed by atoms with Crippen LogP contribution in [-0.4, -0.2) is 12.3 Å². The molecule has 0 amide bonds. The summed E-state index contributed by atoms with van der Waals surface area (Å²) in [6, 6.07) is 23.4. The molecule has 0 radical (unpaired) electrons. The lowest BCUT2D eigenvalue weighted by Gasteiger charge is -2.28. The van der Waals surface area contributed by atoms with Crippen molar-refractivity contribution in [3.63, 3.8) is 0 Å². The molecule has 0 N–H and O–H groups in total. The fourth-order valence-electron chi connectivity index (χ4n) is 6.65. The topological polar surface area (TPSA) is 0 Å². The fraction of sp³-hybridized carbons (Fsp3) is 0.700. The minimum Gasteiger partial charge on any atom is -1.00 e. The average Bonchev–Trinajstić information content (AvgIpc) is 3.02. The van der Waals surface area contributed by atoms with Crippen LogP contribution < -0.4 is 27.6 Å². The summed E-state index contributed by atoms with van der Waals surface area (Å²) < 4.78 is 0. The summed E-state index contributed by atoms with van der Waals surface area (Å²) in [5.74, 6) is 0. The number of hydrogen-bond acceptors (Lipinski definition) is 0. The van der Waals surface area contributed by atoms with Crippen molar-refractivity contribution in [3.05, 3.63) is 60.7 Å². The van der Waals surface area contributed by atoms with Gasteiger partial charge < -0.3 is 17.0 Å². The second-order valence-electron chi connectivity index (χ2n) is 12.9. The normalized spacial score (nSPS) is 11.5. The Kier molecular flexibility index (Phi) is 26.1. The Bertz CT molecular complexity index is 735. The summed E-state index contributed by atoms with van der Waals surface area (Å²) in [4.78, 5) is 0. The van der Waals surface area contributed by atoms with E-state index in [0.717, 1.165) is 0 Å². The molecule has 0 saturated heterocycles. The summed E-state index contributed by atoms with van der Waals surface area (Å²) >= 11 is 0. The van der Waals surface area contributed by atoms with Gasteiger partial charge in [-0.05, 0) is 49.9 Å². The molecule has 0 unspecified atom stereocenters. The highest BCUT2D eigenvalue weighted by Crippen LogP contribution is 2.57. The van der Waals surface area contributed by atoms with Crippen LogP contribution in [0.3, 0.4) is 0 Å². The third-order valence-electron chi connectivity index (χ3n) is 9.29. The van der Waals surface area contributed by atoms with Crippen LogP contribution in [0.25, 0.3) is 0 Å². The van der Waals surface area contributed by atoms with Crippen molar-refractivity contribution in [1.29, 1.82) is 0 Å². The van der Waals surface area contributed by atoms with Crippen LogP contribution in [0.4, 0.5) is 0 Å². The van der Waals surface area contributed by atoms with Crippen molar-refractivity contribution < 1.29 is 17.0 Å². The van der Waals surface area contributed by atoms with Crippen molar-refractivity contribution in [1.82, 2.24) is 0 Å². The van der Waals surface area contributed by atoms with Crippen molar-refractivity contribution in [3.8, 4) is 0 Å². The maximum absolute atomic E-state index is 2.46. The zero-order valence-corrected chi connectivity index (χ0v) is 30.5. The molecule has 2 aromatic rings. The van der Waals surface area contributed by atoms with E-state index < -0.39 is 7.26 Å². The first-order chi connectivity index (χ1) is 20.3. The largest absolute Gasteiger partial charge is 1.00 e. The Hall–Kier alpha value is -0.650. The molecule has 0 aliphatic heterocycles. The Balaban J connectivity index is 0.00000882. The number of rotatable bonds is 28. The maximum atomic E-state index is 2.46. The Morgan fingerprint density at radius 1 is 0.333 bits per heavy atom. The van der Waals surface area contributed by atoms with E-state index in [0.29, 0.717) is 0 Å². The van der Waals surface area contributed by atoms with E-state index in [9.17, 15) is 0 Å². The summed E-state index contributed by atoms with van der Waals surface area (Å²) in [5.41, 5.74) is 0. The van der Waals surface area contributed by atoms with E-state index in [1.165, 1.54) is 166 Å². The van der Waals surface area contributed by atoms with Gasteiger partial charge in [0.15, 0.2) is 0 Å². The van der Waals surface area contributed by atoms with Gasteiger partial charge in [0.25, 0.3) is 0 Å². The van der Waals surface area contributed by atoms with Gasteiger partial charge in [-0.15, -0.1) is 0 Å². The van der Waals surface area contributed by atoms with Gasteiger partial charge >= 0.3 is 0 Å². The summed E-state index contributed by atoms with van der Waals surface area (Å²) in [5, 5.41) is 3.30. The van der Waals surface area contributed by atoms with E-state index in [1.54, 1.807) is 10.6 Å². The molecule has 0 aromatic heterocycles. The van der Waals surface area contributed by atoms with Crippen LogP contribution in [-0.2, 0) is 0 Å². The van der Waals surface area contributed by atoms with Crippen molar-refractivity contribution in [2.75, 3.05) is 12.3 Å². The SMILES string of the molecule is CCCCCCCCCCCCCC[P+](CCCCCCCCCCCCCC)(c1ccccc1)c1ccccc1.[Br-]. The lowest BCUT2D eigenvalue weighted by atomic mass is 10.1. The second-order valence-corrected chi connectivity index (χ2v) is 16.7. The zero-order chi connectivity index (χ0) is 29.1. The molecular weight excluding hydrogens is 591 g/mol. The Morgan fingerprint density at radius 2 is 0.571 bits per heavy atom.